The highest BCUT2D eigenvalue weighted by atomic mass is 16.3. The Bertz CT molecular complexity index is 359. The first-order chi connectivity index (χ1) is 8.86. The van der Waals surface area contributed by atoms with Crippen LogP contribution in [0, 0.1) is 5.92 Å². The number of nitrogens with one attached hydrogen (secondary N) is 1. The van der Waals surface area contributed by atoms with Gasteiger partial charge in [-0.2, -0.15) is 0 Å². The van der Waals surface area contributed by atoms with Crippen LogP contribution in [-0.4, -0.2) is 30.6 Å². The molecule has 100 valence electrons. The molecule has 0 radical (unpaired) electrons. The summed E-state index contributed by atoms with van der Waals surface area (Å²) in [5.41, 5.74) is 0. The SMILES string of the molecule is CNC1CCCC1CN(Cc1ccco1)C1CC1. The predicted molar refractivity (Wildman–Crippen MR) is 72.3 cm³/mol. The van der Waals surface area contributed by atoms with Crippen molar-refractivity contribution >= 4 is 0 Å². The summed E-state index contributed by atoms with van der Waals surface area (Å²) in [4.78, 5) is 2.64. The molecule has 2 atom stereocenters. The van der Waals surface area contributed by atoms with E-state index in [0.717, 1.165) is 30.3 Å². The molecule has 3 heteroatoms. The van der Waals surface area contributed by atoms with Crippen molar-refractivity contribution in [2.75, 3.05) is 13.6 Å². The normalized spacial score (nSPS) is 28.1. The van der Waals surface area contributed by atoms with E-state index < -0.39 is 0 Å². The van der Waals surface area contributed by atoms with Crippen molar-refractivity contribution in [3.8, 4) is 0 Å². The first-order valence-electron chi connectivity index (χ1n) is 7.30. The second kappa shape index (κ2) is 5.45. The van der Waals surface area contributed by atoms with Crippen LogP contribution in [-0.2, 0) is 6.54 Å². The number of furan rings is 1. The molecule has 1 heterocycles. The van der Waals surface area contributed by atoms with Gasteiger partial charge >= 0.3 is 0 Å². The van der Waals surface area contributed by atoms with Crippen molar-refractivity contribution < 1.29 is 4.42 Å². The quantitative estimate of drug-likeness (QED) is 0.839. The summed E-state index contributed by atoms with van der Waals surface area (Å²) in [6.45, 7) is 2.22. The van der Waals surface area contributed by atoms with Crippen LogP contribution in [0.15, 0.2) is 22.8 Å². The summed E-state index contributed by atoms with van der Waals surface area (Å²) in [5, 5.41) is 3.49. The van der Waals surface area contributed by atoms with Gasteiger partial charge in [0.2, 0.25) is 0 Å². The molecule has 0 saturated heterocycles. The third-order valence-corrected chi connectivity index (χ3v) is 4.50. The summed E-state index contributed by atoms with van der Waals surface area (Å²) in [6.07, 6.45) is 8.64. The Morgan fingerprint density at radius 2 is 2.22 bits per heavy atom. The van der Waals surface area contributed by atoms with Gasteiger partial charge in [0.05, 0.1) is 12.8 Å². The largest absolute Gasteiger partial charge is 0.468 e. The molecule has 2 aliphatic carbocycles. The van der Waals surface area contributed by atoms with E-state index in [9.17, 15) is 0 Å². The molecule has 0 aromatic carbocycles. The van der Waals surface area contributed by atoms with E-state index in [1.165, 1.54) is 38.6 Å². The first kappa shape index (κ1) is 12.2. The van der Waals surface area contributed by atoms with E-state index in [0.29, 0.717) is 0 Å². The lowest BCUT2D eigenvalue weighted by atomic mass is 10.0. The van der Waals surface area contributed by atoms with Crippen molar-refractivity contribution in [3.63, 3.8) is 0 Å². The summed E-state index contributed by atoms with van der Waals surface area (Å²) in [7, 11) is 2.11. The lowest BCUT2D eigenvalue weighted by Gasteiger charge is -2.28. The third-order valence-electron chi connectivity index (χ3n) is 4.50. The van der Waals surface area contributed by atoms with Gasteiger partial charge in [-0.05, 0) is 50.8 Å². The Kier molecular flexibility index (Phi) is 3.71. The molecule has 0 bridgehead atoms. The lowest BCUT2D eigenvalue weighted by Crippen LogP contribution is -2.38. The molecule has 1 N–H and O–H groups in total. The topological polar surface area (TPSA) is 28.4 Å². The van der Waals surface area contributed by atoms with E-state index in [1.54, 1.807) is 6.26 Å². The van der Waals surface area contributed by atoms with Crippen LogP contribution in [0.5, 0.6) is 0 Å². The number of rotatable bonds is 6. The van der Waals surface area contributed by atoms with Crippen molar-refractivity contribution in [1.82, 2.24) is 10.2 Å². The van der Waals surface area contributed by atoms with E-state index in [2.05, 4.69) is 23.3 Å². The molecule has 1 aromatic rings. The Morgan fingerprint density at radius 1 is 1.33 bits per heavy atom. The molecule has 2 fully saturated rings. The molecular formula is C15H24N2O. The van der Waals surface area contributed by atoms with Crippen LogP contribution >= 0.6 is 0 Å². The average molecular weight is 248 g/mol. The summed E-state index contributed by atoms with van der Waals surface area (Å²) in [6, 6.07) is 5.63. The number of hydrogen-bond donors (Lipinski definition) is 1. The first-order valence-corrected chi connectivity index (χ1v) is 7.30. The molecule has 0 amide bonds. The summed E-state index contributed by atoms with van der Waals surface area (Å²) >= 11 is 0. The molecule has 0 spiro atoms. The van der Waals surface area contributed by atoms with E-state index >= 15 is 0 Å². The minimum Gasteiger partial charge on any atom is -0.468 e. The minimum absolute atomic E-state index is 0.725. The second-order valence-electron chi connectivity index (χ2n) is 5.83. The molecular weight excluding hydrogens is 224 g/mol. The van der Waals surface area contributed by atoms with Gasteiger partial charge in [0.15, 0.2) is 0 Å². The molecule has 2 saturated carbocycles. The van der Waals surface area contributed by atoms with Crippen LogP contribution in [0.25, 0.3) is 0 Å². The van der Waals surface area contributed by atoms with Crippen molar-refractivity contribution in [2.24, 2.45) is 5.92 Å². The average Bonchev–Trinajstić information content (AvgIpc) is 2.92. The van der Waals surface area contributed by atoms with Crippen molar-refractivity contribution in [1.29, 1.82) is 0 Å². The molecule has 1 aromatic heterocycles. The summed E-state index contributed by atoms with van der Waals surface area (Å²) < 4.78 is 5.50. The minimum atomic E-state index is 0.725. The molecule has 2 unspecified atom stereocenters. The highest BCUT2D eigenvalue weighted by Crippen LogP contribution is 2.33. The fraction of sp³-hybridized carbons (Fsp3) is 0.733. The molecule has 3 rings (SSSR count). The van der Waals surface area contributed by atoms with Gasteiger partial charge in [0.25, 0.3) is 0 Å². The van der Waals surface area contributed by atoms with Gasteiger partial charge in [-0.15, -0.1) is 0 Å². The van der Waals surface area contributed by atoms with Crippen LogP contribution in [0.2, 0.25) is 0 Å². The zero-order chi connectivity index (χ0) is 12.4. The fourth-order valence-corrected chi connectivity index (χ4v) is 3.32. The Morgan fingerprint density at radius 3 is 2.89 bits per heavy atom. The molecule has 3 nitrogen and oxygen atoms in total. The van der Waals surface area contributed by atoms with Crippen molar-refractivity contribution in [3.05, 3.63) is 24.2 Å². The number of nitrogens with zero attached hydrogens (tertiary/aromatic N) is 1. The summed E-state index contributed by atoms with van der Waals surface area (Å²) in [5.74, 6) is 1.94. The standard InChI is InChI=1S/C15H24N2O/c1-16-15-6-2-4-12(15)10-17(13-7-8-13)11-14-5-3-9-18-14/h3,5,9,12-13,15-16H,2,4,6-8,10-11H2,1H3. The monoisotopic (exact) mass is 248 g/mol. The second-order valence-corrected chi connectivity index (χ2v) is 5.83. The van der Waals surface area contributed by atoms with E-state index in [1.807, 2.05) is 6.07 Å². The smallest absolute Gasteiger partial charge is 0.117 e. The fourth-order valence-electron chi connectivity index (χ4n) is 3.32. The zero-order valence-corrected chi connectivity index (χ0v) is 11.3. The zero-order valence-electron chi connectivity index (χ0n) is 11.3. The molecule has 0 aliphatic heterocycles. The highest BCUT2D eigenvalue weighted by molar-refractivity contribution is 5.00. The molecule has 2 aliphatic rings. The van der Waals surface area contributed by atoms with Crippen LogP contribution in [0.1, 0.15) is 37.9 Å². The Hall–Kier alpha value is -0.800. The van der Waals surface area contributed by atoms with Gasteiger partial charge in [-0.1, -0.05) is 6.42 Å². The van der Waals surface area contributed by atoms with Crippen LogP contribution < -0.4 is 5.32 Å². The van der Waals surface area contributed by atoms with Gasteiger partial charge < -0.3 is 9.73 Å². The van der Waals surface area contributed by atoms with Crippen LogP contribution in [0.3, 0.4) is 0 Å². The number of hydrogen-bond acceptors (Lipinski definition) is 3. The maximum atomic E-state index is 5.50. The van der Waals surface area contributed by atoms with Gasteiger partial charge in [0, 0.05) is 18.6 Å². The third kappa shape index (κ3) is 2.78. The predicted octanol–water partition coefficient (Wildman–Crippen LogP) is 2.63. The van der Waals surface area contributed by atoms with E-state index in [4.69, 9.17) is 4.42 Å². The highest BCUT2D eigenvalue weighted by Gasteiger charge is 2.34. The lowest BCUT2D eigenvalue weighted by molar-refractivity contribution is 0.186. The maximum Gasteiger partial charge on any atom is 0.117 e. The Labute approximate surface area is 110 Å². The Balaban J connectivity index is 1.60. The van der Waals surface area contributed by atoms with Gasteiger partial charge in [0.1, 0.15) is 5.76 Å². The van der Waals surface area contributed by atoms with Crippen molar-refractivity contribution in [2.45, 2.75) is 50.7 Å². The van der Waals surface area contributed by atoms with Crippen LogP contribution in [0.4, 0.5) is 0 Å². The maximum absolute atomic E-state index is 5.50. The van der Waals surface area contributed by atoms with Gasteiger partial charge in [-0.3, -0.25) is 4.90 Å². The van der Waals surface area contributed by atoms with E-state index in [-0.39, 0.29) is 0 Å². The molecule has 18 heavy (non-hydrogen) atoms. The van der Waals surface area contributed by atoms with Gasteiger partial charge in [-0.25, -0.2) is 0 Å².